The zero-order chi connectivity index (χ0) is 14.8. The summed E-state index contributed by atoms with van der Waals surface area (Å²) >= 11 is 0. The molecule has 0 unspecified atom stereocenters. The number of hydrogen-bond donors (Lipinski definition) is 1. The van der Waals surface area contributed by atoms with Crippen LogP contribution in [0.2, 0.25) is 0 Å². The molecule has 2 heterocycles. The predicted octanol–water partition coefficient (Wildman–Crippen LogP) is 2.19. The van der Waals surface area contributed by atoms with E-state index in [1.54, 1.807) is 43.9 Å². The van der Waals surface area contributed by atoms with Crippen LogP contribution in [0.25, 0.3) is 11.0 Å². The van der Waals surface area contributed by atoms with Gasteiger partial charge in [0.15, 0.2) is 0 Å². The predicted molar refractivity (Wildman–Crippen MR) is 76.6 cm³/mol. The highest BCUT2D eigenvalue weighted by atomic mass is 16.5. The van der Waals surface area contributed by atoms with Crippen LogP contribution in [0.3, 0.4) is 0 Å². The molecule has 6 heteroatoms. The zero-order valence-electron chi connectivity index (χ0n) is 11.4. The summed E-state index contributed by atoms with van der Waals surface area (Å²) in [5, 5.41) is 8.98. The van der Waals surface area contributed by atoms with Crippen LogP contribution in [0, 0.1) is 0 Å². The molecule has 0 fully saturated rings. The number of benzene rings is 1. The lowest BCUT2D eigenvalue weighted by Crippen LogP contribution is -2.00. The number of rotatable bonds is 4. The standard InChI is InChI=1S/C15H13N3O3/c1-21-14-5-2-10(7-16-14)8-18-9-17-12-6-11(15(19)20)3-4-13(12)18/h2-7,9H,8H2,1H3,(H,19,20). The Balaban J connectivity index is 1.91. The number of carbonyl (C=O) groups is 1. The van der Waals surface area contributed by atoms with Crippen molar-refractivity contribution in [1.29, 1.82) is 0 Å². The first kappa shape index (κ1) is 13.1. The average Bonchev–Trinajstić information content (AvgIpc) is 2.90. The lowest BCUT2D eigenvalue weighted by molar-refractivity contribution is 0.0697. The Morgan fingerprint density at radius 1 is 1.29 bits per heavy atom. The van der Waals surface area contributed by atoms with Crippen molar-refractivity contribution in [1.82, 2.24) is 14.5 Å². The average molecular weight is 283 g/mol. The number of methoxy groups -OCH3 is 1. The molecule has 3 aromatic rings. The van der Waals surface area contributed by atoms with E-state index in [9.17, 15) is 4.79 Å². The van der Waals surface area contributed by atoms with Crippen molar-refractivity contribution in [2.24, 2.45) is 0 Å². The van der Waals surface area contributed by atoms with Crippen molar-refractivity contribution >= 4 is 17.0 Å². The van der Waals surface area contributed by atoms with Gasteiger partial charge in [-0.1, -0.05) is 6.07 Å². The van der Waals surface area contributed by atoms with E-state index in [4.69, 9.17) is 9.84 Å². The van der Waals surface area contributed by atoms with Crippen LogP contribution in [-0.4, -0.2) is 32.7 Å². The van der Waals surface area contributed by atoms with Crippen molar-refractivity contribution in [3.05, 3.63) is 54.0 Å². The molecule has 0 aliphatic rings. The number of carboxylic acids is 1. The molecule has 0 bridgehead atoms. The van der Waals surface area contributed by atoms with E-state index in [-0.39, 0.29) is 5.56 Å². The topological polar surface area (TPSA) is 77.2 Å². The summed E-state index contributed by atoms with van der Waals surface area (Å²) in [6.45, 7) is 0.611. The van der Waals surface area contributed by atoms with Crippen molar-refractivity contribution < 1.29 is 14.6 Å². The fourth-order valence-electron chi connectivity index (χ4n) is 2.14. The lowest BCUT2D eigenvalue weighted by atomic mass is 10.2. The molecule has 0 aliphatic carbocycles. The van der Waals surface area contributed by atoms with E-state index >= 15 is 0 Å². The first-order chi connectivity index (χ1) is 10.2. The summed E-state index contributed by atoms with van der Waals surface area (Å²) in [5.41, 5.74) is 2.79. The van der Waals surface area contributed by atoms with Gasteiger partial charge in [0.1, 0.15) is 0 Å². The SMILES string of the molecule is COc1ccc(Cn2cnc3cc(C(=O)O)ccc32)cn1. The number of ether oxygens (including phenoxy) is 1. The zero-order valence-corrected chi connectivity index (χ0v) is 11.4. The van der Waals surface area contributed by atoms with E-state index in [2.05, 4.69) is 9.97 Å². The molecule has 106 valence electrons. The Labute approximate surface area is 120 Å². The Morgan fingerprint density at radius 3 is 2.81 bits per heavy atom. The second-order valence-electron chi connectivity index (χ2n) is 4.59. The molecule has 2 aromatic heterocycles. The van der Waals surface area contributed by atoms with Crippen LogP contribution in [-0.2, 0) is 6.54 Å². The Morgan fingerprint density at radius 2 is 2.14 bits per heavy atom. The van der Waals surface area contributed by atoms with E-state index in [1.807, 2.05) is 10.6 Å². The van der Waals surface area contributed by atoms with Crippen LogP contribution < -0.4 is 4.74 Å². The Hall–Kier alpha value is -2.89. The number of nitrogens with zero attached hydrogens (tertiary/aromatic N) is 3. The molecule has 1 N–H and O–H groups in total. The van der Waals surface area contributed by atoms with Crippen LogP contribution in [0.4, 0.5) is 0 Å². The maximum atomic E-state index is 10.9. The first-order valence-electron chi connectivity index (χ1n) is 6.34. The largest absolute Gasteiger partial charge is 0.481 e. The van der Waals surface area contributed by atoms with Gasteiger partial charge in [-0.2, -0.15) is 0 Å². The van der Waals surface area contributed by atoms with Gasteiger partial charge in [-0.25, -0.2) is 14.8 Å². The Kier molecular flexibility index (Phi) is 3.27. The van der Waals surface area contributed by atoms with E-state index < -0.39 is 5.97 Å². The number of carboxylic acid groups (broad SMARTS) is 1. The minimum Gasteiger partial charge on any atom is -0.481 e. The number of pyridine rings is 1. The summed E-state index contributed by atoms with van der Waals surface area (Å²) in [6, 6.07) is 8.65. The van der Waals surface area contributed by atoms with E-state index in [0.29, 0.717) is 17.9 Å². The molecule has 0 amide bonds. The second kappa shape index (κ2) is 5.24. The molecular formula is C15H13N3O3. The smallest absolute Gasteiger partial charge is 0.335 e. The molecule has 1 aromatic carbocycles. The number of imidazole rings is 1. The minimum absolute atomic E-state index is 0.235. The van der Waals surface area contributed by atoms with E-state index in [0.717, 1.165) is 11.1 Å². The van der Waals surface area contributed by atoms with Gasteiger partial charge in [-0.15, -0.1) is 0 Å². The molecule has 3 rings (SSSR count). The summed E-state index contributed by atoms with van der Waals surface area (Å²) in [5.74, 6) is -0.383. The summed E-state index contributed by atoms with van der Waals surface area (Å²) < 4.78 is 6.97. The fourth-order valence-corrected chi connectivity index (χ4v) is 2.14. The van der Waals surface area contributed by atoms with Gasteiger partial charge in [-0.3, -0.25) is 0 Å². The van der Waals surface area contributed by atoms with Gasteiger partial charge in [-0.05, 0) is 23.8 Å². The lowest BCUT2D eigenvalue weighted by Gasteiger charge is -2.05. The third-order valence-corrected chi connectivity index (χ3v) is 3.23. The van der Waals surface area contributed by atoms with E-state index in [1.165, 1.54) is 0 Å². The summed E-state index contributed by atoms with van der Waals surface area (Å²) in [7, 11) is 1.57. The van der Waals surface area contributed by atoms with Crippen LogP contribution in [0.1, 0.15) is 15.9 Å². The van der Waals surface area contributed by atoms with Crippen molar-refractivity contribution in [2.75, 3.05) is 7.11 Å². The molecule has 0 atom stereocenters. The maximum absolute atomic E-state index is 10.9. The molecule has 0 radical (unpaired) electrons. The normalized spacial score (nSPS) is 10.7. The van der Waals surface area contributed by atoms with Crippen LogP contribution in [0.15, 0.2) is 42.9 Å². The number of hydrogen-bond acceptors (Lipinski definition) is 4. The molecular weight excluding hydrogens is 270 g/mol. The summed E-state index contributed by atoms with van der Waals surface area (Å²) in [6.07, 6.45) is 3.44. The maximum Gasteiger partial charge on any atom is 0.335 e. The van der Waals surface area contributed by atoms with Gasteiger partial charge in [0.05, 0.1) is 36.6 Å². The third kappa shape index (κ3) is 2.55. The second-order valence-corrected chi connectivity index (χ2v) is 4.59. The first-order valence-corrected chi connectivity index (χ1v) is 6.34. The van der Waals surface area contributed by atoms with Gasteiger partial charge >= 0.3 is 5.97 Å². The van der Waals surface area contributed by atoms with Crippen molar-refractivity contribution in [3.8, 4) is 5.88 Å². The molecule has 0 saturated carbocycles. The highest BCUT2D eigenvalue weighted by Gasteiger charge is 2.08. The minimum atomic E-state index is -0.953. The highest BCUT2D eigenvalue weighted by molar-refractivity contribution is 5.92. The van der Waals surface area contributed by atoms with Crippen molar-refractivity contribution in [3.63, 3.8) is 0 Å². The van der Waals surface area contributed by atoms with Crippen LogP contribution in [0.5, 0.6) is 5.88 Å². The van der Waals surface area contributed by atoms with Gasteiger partial charge in [0, 0.05) is 12.3 Å². The highest BCUT2D eigenvalue weighted by Crippen LogP contribution is 2.17. The van der Waals surface area contributed by atoms with Crippen molar-refractivity contribution in [2.45, 2.75) is 6.54 Å². The quantitative estimate of drug-likeness (QED) is 0.794. The summed E-state index contributed by atoms with van der Waals surface area (Å²) in [4.78, 5) is 19.4. The van der Waals surface area contributed by atoms with Crippen LogP contribution >= 0.6 is 0 Å². The van der Waals surface area contributed by atoms with Gasteiger partial charge in [0.2, 0.25) is 5.88 Å². The molecule has 21 heavy (non-hydrogen) atoms. The van der Waals surface area contributed by atoms with Gasteiger partial charge < -0.3 is 14.4 Å². The van der Waals surface area contributed by atoms with Gasteiger partial charge in [0.25, 0.3) is 0 Å². The Bertz CT molecular complexity index is 794. The molecule has 0 saturated heterocycles. The number of aromatic carboxylic acids is 1. The third-order valence-electron chi connectivity index (χ3n) is 3.23. The fraction of sp³-hybridized carbons (Fsp3) is 0.133. The molecule has 0 spiro atoms. The monoisotopic (exact) mass is 283 g/mol. The number of aromatic nitrogens is 3. The molecule has 6 nitrogen and oxygen atoms in total. The molecule has 0 aliphatic heterocycles. The number of fused-ring (bicyclic) bond motifs is 1.